The van der Waals surface area contributed by atoms with Gasteiger partial charge in [0.05, 0.1) is 16.9 Å². The third-order valence-corrected chi connectivity index (χ3v) is 4.93. The van der Waals surface area contributed by atoms with Gasteiger partial charge in [0.15, 0.2) is 0 Å². The number of hydrogen-bond acceptors (Lipinski definition) is 3. The Bertz CT molecular complexity index is 642. The minimum Gasteiger partial charge on any atom is -0.278 e. The fourth-order valence-corrected chi connectivity index (χ4v) is 4.15. The van der Waals surface area contributed by atoms with Gasteiger partial charge in [0.1, 0.15) is 4.90 Å². The molecule has 1 heterocycles. The molecule has 7 heteroatoms. The maximum absolute atomic E-state index is 12.2. The third kappa shape index (κ3) is 2.82. The van der Waals surface area contributed by atoms with Crippen LogP contribution in [0.1, 0.15) is 0 Å². The summed E-state index contributed by atoms with van der Waals surface area (Å²) in [6, 6.07) is 8.04. The van der Waals surface area contributed by atoms with Gasteiger partial charge < -0.3 is 0 Å². The highest BCUT2D eigenvalue weighted by Gasteiger charge is 2.21. The second kappa shape index (κ2) is 5.26. The van der Waals surface area contributed by atoms with Crippen LogP contribution in [0, 0.1) is 0 Å². The van der Waals surface area contributed by atoms with Gasteiger partial charge in [-0.15, -0.1) is 0 Å². The van der Waals surface area contributed by atoms with Crippen molar-refractivity contribution in [2.45, 2.75) is 4.90 Å². The molecule has 0 aliphatic carbocycles. The van der Waals surface area contributed by atoms with Gasteiger partial charge >= 0.3 is 0 Å². The molecule has 0 unspecified atom stereocenters. The summed E-state index contributed by atoms with van der Waals surface area (Å²) in [7, 11) is -3.74. The Hall–Kier alpha value is -1.11. The molecule has 1 aromatic heterocycles. The largest absolute Gasteiger partial charge is 0.278 e. The van der Waals surface area contributed by atoms with Crippen molar-refractivity contribution >= 4 is 43.2 Å². The van der Waals surface area contributed by atoms with Crippen molar-refractivity contribution in [1.82, 2.24) is 4.98 Å². The molecule has 0 aliphatic rings. The first-order chi connectivity index (χ1) is 8.50. The van der Waals surface area contributed by atoms with E-state index in [1.54, 1.807) is 30.5 Å². The lowest BCUT2D eigenvalue weighted by atomic mass is 10.4. The van der Waals surface area contributed by atoms with Crippen LogP contribution in [0.15, 0.2) is 52.1 Å². The second-order valence-electron chi connectivity index (χ2n) is 3.40. The number of halogens is 2. The molecule has 0 atom stereocenters. The van der Waals surface area contributed by atoms with E-state index in [2.05, 4.69) is 25.6 Å². The molecule has 0 bridgehead atoms. The Morgan fingerprint density at radius 3 is 2.61 bits per heavy atom. The lowest BCUT2D eigenvalue weighted by molar-refractivity contribution is 0.601. The van der Waals surface area contributed by atoms with Gasteiger partial charge in [-0.05, 0) is 40.2 Å². The summed E-state index contributed by atoms with van der Waals surface area (Å²) >= 11 is 9.09. The van der Waals surface area contributed by atoms with E-state index in [1.165, 1.54) is 12.3 Å². The van der Waals surface area contributed by atoms with Crippen LogP contribution in [0.5, 0.6) is 0 Å². The van der Waals surface area contributed by atoms with E-state index in [-0.39, 0.29) is 9.92 Å². The average molecular weight is 348 g/mol. The Kier molecular flexibility index (Phi) is 3.89. The molecular weight excluding hydrogens is 340 g/mol. The summed E-state index contributed by atoms with van der Waals surface area (Å²) < 4.78 is 27.2. The Morgan fingerprint density at radius 1 is 1.22 bits per heavy atom. The zero-order valence-electron chi connectivity index (χ0n) is 8.97. The molecule has 1 aromatic carbocycles. The van der Waals surface area contributed by atoms with Crippen molar-refractivity contribution in [3.05, 3.63) is 52.2 Å². The topological polar surface area (TPSA) is 59.1 Å². The SMILES string of the molecule is O=S(=O)(Nc1cccnc1)c1c(Cl)cccc1Br. The summed E-state index contributed by atoms with van der Waals surface area (Å²) in [5, 5.41) is 0.153. The van der Waals surface area contributed by atoms with Crippen molar-refractivity contribution in [2.24, 2.45) is 0 Å². The van der Waals surface area contributed by atoms with Crippen LogP contribution in [0.25, 0.3) is 0 Å². The molecule has 0 spiro atoms. The Morgan fingerprint density at radius 2 is 2.00 bits per heavy atom. The summed E-state index contributed by atoms with van der Waals surface area (Å²) in [5.41, 5.74) is 0.379. The van der Waals surface area contributed by atoms with Crippen LogP contribution in [-0.2, 0) is 10.0 Å². The summed E-state index contributed by atoms with van der Waals surface area (Å²) in [6.45, 7) is 0. The third-order valence-electron chi connectivity index (χ3n) is 2.10. The van der Waals surface area contributed by atoms with Gasteiger partial charge in [-0.1, -0.05) is 17.7 Å². The quantitative estimate of drug-likeness (QED) is 0.927. The van der Waals surface area contributed by atoms with Gasteiger partial charge in [0.2, 0.25) is 0 Å². The maximum atomic E-state index is 12.2. The monoisotopic (exact) mass is 346 g/mol. The Balaban J connectivity index is 2.44. The predicted molar refractivity (Wildman–Crippen MR) is 74.2 cm³/mol. The van der Waals surface area contributed by atoms with Gasteiger partial charge in [0.25, 0.3) is 10.0 Å². The van der Waals surface area contributed by atoms with Gasteiger partial charge in [-0.2, -0.15) is 0 Å². The normalized spacial score (nSPS) is 11.2. The van der Waals surface area contributed by atoms with Gasteiger partial charge in [-0.3, -0.25) is 9.71 Å². The van der Waals surface area contributed by atoms with E-state index in [0.29, 0.717) is 10.2 Å². The minimum atomic E-state index is -3.74. The van der Waals surface area contributed by atoms with Crippen molar-refractivity contribution in [3.8, 4) is 0 Å². The van der Waals surface area contributed by atoms with E-state index >= 15 is 0 Å². The van der Waals surface area contributed by atoms with E-state index in [9.17, 15) is 8.42 Å². The number of rotatable bonds is 3. The zero-order valence-corrected chi connectivity index (χ0v) is 12.1. The molecule has 0 aliphatic heterocycles. The highest BCUT2D eigenvalue weighted by molar-refractivity contribution is 9.10. The van der Waals surface area contributed by atoms with Crippen LogP contribution in [0.3, 0.4) is 0 Å². The van der Waals surface area contributed by atoms with Crippen LogP contribution in [-0.4, -0.2) is 13.4 Å². The number of benzene rings is 1. The van der Waals surface area contributed by atoms with Crippen molar-refractivity contribution in [1.29, 1.82) is 0 Å². The maximum Gasteiger partial charge on any atom is 0.264 e. The number of anilines is 1. The summed E-state index contributed by atoms with van der Waals surface area (Å²) in [5.74, 6) is 0. The van der Waals surface area contributed by atoms with Gasteiger partial charge in [-0.25, -0.2) is 8.42 Å². The van der Waals surface area contributed by atoms with E-state index in [0.717, 1.165) is 0 Å². The Labute approximate surface area is 118 Å². The average Bonchev–Trinajstić information content (AvgIpc) is 2.28. The molecule has 0 saturated carbocycles. The summed E-state index contributed by atoms with van der Waals surface area (Å²) in [6.07, 6.45) is 2.98. The standard InChI is InChI=1S/C11H8BrClN2O2S/c12-9-4-1-5-10(13)11(9)18(16,17)15-8-3-2-6-14-7-8/h1-7,15H. The van der Waals surface area contributed by atoms with E-state index in [1.807, 2.05) is 0 Å². The van der Waals surface area contributed by atoms with Crippen molar-refractivity contribution in [2.75, 3.05) is 4.72 Å². The van der Waals surface area contributed by atoms with Crippen LogP contribution in [0.4, 0.5) is 5.69 Å². The van der Waals surface area contributed by atoms with E-state index in [4.69, 9.17) is 11.6 Å². The lowest BCUT2D eigenvalue weighted by Gasteiger charge is -2.10. The fraction of sp³-hybridized carbons (Fsp3) is 0. The number of pyridine rings is 1. The molecule has 0 fully saturated rings. The first kappa shape index (κ1) is 13.3. The van der Waals surface area contributed by atoms with Crippen molar-refractivity contribution in [3.63, 3.8) is 0 Å². The first-order valence-electron chi connectivity index (χ1n) is 4.87. The molecule has 0 radical (unpaired) electrons. The molecule has 2 rings (SSSR count). The molecule has 2 aromatic rings. The number of nitrogens with zero attached hydrogens (tertiary/aromatic N) is 1. The molecule has 94 valence electrons. The molecular formula is C11H8BrClN2O2S. The lowest BCUT2D eigenvalue weighted by Crippen LogP contribution is -2.14. The minimum absolute atomic E-state index is 0.00974. The fourth-order valence-electron chi connectivity index (χ4n) is 1.37. The van der Waals surface area contributed by atoms with Crippen molar-refractivity contribution < 1.29 is 8.42 Å². The smallest absolute Gasteiger partial charge is 0.264 e. The van der Waals surface area contributed by atoms with Crippen LogP contribution < -0.4 is 4.72 Å². The highest BCUT2D eigenvalue weighted by Crippen LogP contribution is 2.30. The summed E-state index contributed by atoms with van der Waals surface area (Å²) in [4.78, 5) is 3.85. The molecule has 1 N–H and O–H groups in total. The van der Waals surface area contributed by atoms with Crippen LogP contribution >= 0.6 is 27.5 Å². The molecule has 0 saturated heterocycles. The molecule has 0 amide bonds. The highest BCUT2D eigenvalue weighted by atomic mass is 79.9. The van der Waals surface area contributed by atoms with Gasteiger partial charge in [0, 0.05) is 10.7 Å². The molecule has 18 heavy (non-hydrogen) atoms. The zero-order chi connectivity index (χ0) is 13.2. The second-order valence-corrected chi connectivity index (χ2v) is 6.28. The first-order valence-corrected chi connectivity index (χ1v) is 7.53. The number of aromatic nitrogens is 1. The molecule has 4 nitrogen and oxygen atoms in total. The number of hydrogen-bond donors (Lipinski definition) is 1. The van der Waals surface area contributed by atoms with Crippen LogP contribution in [0.2, 0.25) is 5.02 Å². The number of sulfonamides is 1. The predicted octanol–water partition coefficient (Wildman–Crippen LogP) is 3.30. The van der Waals surface area contributed by atoms with E-state index < -0.39 is 10.0 Å². The number of nitrogens with one attached hydrogen (secondary N) is 1.